The highest BCUT2D eigenvalue weighted by Gasteiger charge is 2.35. The molecule has 1 aliphatic rings. The van der Waals surface area contributed by atoms with Crippen molar-refractivity contribution < 1.29 is 33.8 Å². The van der Waals surface area contributed by atoms with E-state index >= 15 is 0 Å². The highest BCUT2D eigenvalue weighted by molar-refractivity contribution is 6.30. The molecule has 1 saturated heterocycles. The molecule has 2 aromatic rings. The average Bonchev–Trinajstić information content (AvgIpc) is 3.00. The van der Waals surface area contributed by atoms with Crippen molar-refractivity contribution in [2.75, 3.05) is 27.3 Å². The molecular formula is C25H28ClN3O7. The van der Waals surface area contributed by atoms with Gasteiger partial charge in [-0.05, 0) is 54.8 Å². The Morgan fingerprint density at radius 2 is 1.86 bits per heavy atom. The molecule has 1 fully saturated rings. The second-order valence-electron chi connectivity index (χ2n) is 8.26. The Morgan fingerprint density at radius 1 is 1.17 bits per heavy atom. The van der Waals surface area contributed by atoms with Crippen molar-refractivity contribution in [2.24, 2.45) is 5.92 Å². The molecule has 2 unspecified atom stereocenters. The van der Waals surface area contributed by atoms with Gasteiger partial charge in [-0.2, -0.15) is 0 Å². The van der Waals surface area contributed by atoms with Crippen LogP contribution >= 0.6 is 11.6 Å². The maximum Gasteiger partial charge on any atom is 0.335 e. The van der Waals surface area contributed by atoms with Gasteiger partial charge in [0.15, 0.2) is 0 Å². The van der Waals surface area contributed by atoms with Crippen LogP contribution < -0.4 is 20.1 Å². The van der Waals surface area contributed by atoms with Crippen molar-refractivity contribution in [1.29, 1.82) is 0 Å². The Balaban J connectivity index is 1.86. The van der Waals surface area contributed by atoms with Crippen molar-refractivity contribution in [3.8, 4) is 11.5 Å². The van der Waals surface area contributed by atoms with Crippen molar-refractivity contribution in [2.45, 2.75) is 25.8 Å². The second kappa shape index (κ2) is 11.8. The van der Waals surface area contributed by atoms with E-state index < -0.39 is 42.3 Å². The van der Waals surface area contributed by atoms with E-state index in [1.54, 1.807) is 25.1 Å². The van der Waals surface area contributed by atoms with Gasteiger partial charge in [-0.15, -0.1) is 0 Å². The zero-order valence-corrected chi connectivity index (χ0v) is 20.9. The number of urea groups is 1. The summed E-state index contributed by atoms with van der Waals surface area (Å²) < 4.78 is 10.7. The minimum atomic E-state index is -1.13. The molecule has 0 radical (unpaired) electrons. The Morgan fingerprint density at radius 3 is 2.50 bits per heavy atom. The highest BCUT2D eigenvalue weighted by atomic mass is 35.5. The summed E-state index contributed by atoms with van der Waals surface area (Å²) in [4.78, 5) is 51.3. The fourth-order valence-corrected chi connectivity index (χ4v) is 4.29. The van der Waals surface area contributed by atoms with Crippen LogP contribution in [0.25, 0.3) is 0 Å². The average molecular weight is 518 g/mol. The standard InChI is InChI=1S/C25H28ClN3O7/c1-4-19(18-11-14(24(32)33)5-7-21(18)36-3)28-25(34)29-13-22(30)27-12-16(23(29)31)9-15-10-17(26)6-8-20(15)35-2/h5-8,10-11,16,19H,4,9,12-13H2,1-3H3,(H,27,30)(H,28,34)(H,32,33). The predicted octanol–water partition coefficient (Wildman–Crippen LogP) is 3.03. The number of carbonyl (C=O) groups is 4. The van der Waals surface area contributed by atoms with Crippen LogP contribution in [-0.4, -0.2) is 61.1 Å². The van der Waals surface area contributed by atoms with Gasteiger partial charge in [-0.3, -0.25) is 14.5 Å². The summed E-state index contributed by atoms with van der Waals surface area (Å²) in [6.07, 6.45) is 0.570. The number of hydrogen-bond acceptors (Lipinski definition) is 6. The molecule has 0 aliphatic carbocycles. The van der Waals surface area contributed by atoms with E-state index in [-0.39, 0.29) is 18.5 Å². The third kappa shape index (κ3) is 6.06. The maximum absolute atomic E-state index is 13.4. The van der Waals surface area contributed by atoms with E-state index in [4.69, 9.17) is 21.1 Å². The van der Waals surface area contributed by atoms with Gasteiger partial charge in [0.1, 0.15) is 18.0 Å². The number of hydrogen-bond donors (Lipinski definition) is 3. The lowest BCUT2D eigenvalue weighted by Crippen LogP contribution is -2.48. The van der Waals surface area contributed by atoms with Gasteiger partial charge >= 0.3 is 12.0 Å². The van der Waals surface area contributed by atoms with E-state index in [0.717, 1.165) is 4.90 Å². The molecule has 3 N–H and O–H groups in total. The van der Waals surface area contributed by atoms with Gasteiger partial charge in [0.25, 0.3) is 0 Å². The van der Waals surface area contributed by atoms with E-state index in [2.05, 4.69) is 10.6 Å². The lowest BCUT2D eigenvalue weighted by atomic mass is 9.97. The van der Waals surface area contributed by atoms with Gasteiger partial charge in [0.05, 0.1) is 31.7 Å². The molecule has 0 saturated carbocycles. The molecule has 0 spiro atoms. The zero-order chi connectivity index (χ0) is 26.4. The Labute approximate surface area is 213 Å². The maximum atomic E-state index is 13.4. The van der Waals surface area contributed by atoms with Gasteiger partial charge < -0.3 is 25.2 Å². The summed E-state index contributed by atoms with van der Waals surface area (Å²) in [5, 5.41) is 15.3. The van der Waals surface area contributed by atoms with E-state index in [1.165, 1.54) is 32.4 Å². The van der Waals surface area contributed by atoms with Crippen LogP contribution in [0.4, 0.5) is 4.79 Å². The first-order valence-electron chi connectivity index (χ1n) is 11.3. The largest absolute Gasteiger partial charge is 0.496 e. The fourth-order valence-electron chi connectivity index (χ4n) is 4.09. The van der Waals surface area contributed by atoms with Crippen LogP contribution in [0.2, 0.25) is 5.02 Å². The third-order valence-corrected chi connectivity index (χ3v) is 6.21. The molecule has 11 heteroatoms. The smallest absolute Gasteiger partial charge is 0.335 e. The SMILES string of the molecule is CCC(NC(=O)N1CC(=O)NCC(Cc2cc(Cl)ccc2OC)C1=O)c1cc(C(=O)O)ccc1OC. The van der Waals surface area contributed by atoms with Crippen LogP contribution in [0.1, 0.15) is 40.9 Å². The normalized spacial score (nSPS) is 16.6. The number of carboxylic acids is 1. The minimum Gasteiger partial charge on any atom is -0.496 e. The minimum absolute atomic E-state index is 0.0271. The number of methoxy groups -OCH3 is 2. The Kier molecular flexibility index (Phi) is 8.76. The molecule has 0 aromatic heterocycles. The zero-order valence-electron chi connectivity index (χ0n) is 20.2. The number of amides is 4. The van der Waals surface area contributed by atoms with E-state index in [0.29, 0.717) is 34.1 Å². The van der Waals surface area contributed by atoms with E-state index in [1.807, 2.05) is 0 Å². The number of aromatic carboxylic acids is 1. The summed E-state index contributed by atoms with van der Waals surface area (Å²) >= 11 is 6.12. The summed E-state index contributed by atoms with van der Waals surface area (Å²) in [6.45, 7) is 1.39. The molecule has 2 aromatic carbocycles. The molecule has 10 nitrogen and oxygen atoms in total. The van der Waals surface area contributed by atoms with Crippen molar-refractivity contribution in [3.63, 3.8) is 0 Å². The highest BCUT2D eigenvalue weighted by Crippen LogP contribution is 2.30. The fraction of sp³-hybridized carbons (Fsp3) is 0.360. The number of carboxylic acid groups (broad SMARTS) is 1. The quantitative estimate of drug-likeness (QED) is 0.490. The number of nitrogens with zero attached hydrogens (tertiary/aromatic N) is 1. The van der Waals surface area contributed by atoms with Gasteiger partial charge in [0, 0.05) is 17.1 Å². The molecule has 1 heterocycles. The lowest BCUT2D eigenvalue weighted by Gasteiger charge is -2.26. The monoisotopic (exact) mass is 517 g/mol. The number of carbonyl (C=O) groups excluding carboxylic acids is 3. The van der Waals surface area contributed by atoms with Crippen molar-refractivity contribution >= 4 is 35.4 Å². The first-order chi connectivity index (χ1) is 17.2. The first kappa shape index (κ1) is 26.8. The number of nitrogens with one attached hydrogen (secondary N) is 2. The number of imide groups is 1. The van der Waals surface area contributed by atoms with Gasteiger partial charge in [-0.1, -0.05) is 18.5 Å². The number of rotatable bonds is 8. The van der Waals surface area contributed by atoms with Crippen LogP contribution in [-0.2, 0) is 16.0 Å². The van der Waals surface area contributed by atoms with Crippen LogP contribution in [0, 0.1) is 5.92 Å². The number of halogens is 1. The molecule has 4 amide bonds. The Bertz CT molecular complexity index is 1170. The van der Waals surface area contributed by atoms with Crippen molar-refractivity contribution in [1.82, 2.24) is 15.5 Å². The first-order valence-corrected chi connectivity index (χ1v) is 11.7. The summed E-state index contributed by atoms with van der Waals surface area (Å²) in [5.74, 6) is -1.95. The molecule has 192 valence electrons. The number of benzene rings is 2. The van der Waals surface area contributed by atoms with Crippen LogP contribution in [0.15, 0.2) is 36.4 Å². The Hall–Kier alpha value is -3.79. The molecule has 1 aliphatic heterocycles. The molecule has 3 rings (SSSR count). The predicted molar refractivity (Wildman–Crippen MR) is 131 cm³/mol. The molecule has 36 heavy (non-hydrogen) atoms. The molecular weight excluding hydrogens is 490 g/mol. The topological polar surface area (TPSA) is 134 Å². The summed E-state index contributed by atoms with van der Waals surface area (Å²) in [7, 11) is 2.94. The third-order valence-electron chi connectivity index (χ3n) is 5.97. The lowest BCUT2D eigenvalue weighted by molar-refractivity contribution is -0.133. The van der Waals surface area contributed by atoms with Crippen LogP contribution in [0.3, 0.4) is 0 Å². The van der Waals surface area contributed by atoms with Crippen molar-refractivity contribution in [3.05, 3.63) is 58.1 Å². The second-order valence-corrected chi connectivity index (χ2v) is 8.69. The molecule has 2 atom stereocenters. The molecule has 0 bridgehead atoms. The van der Waals surface area contributed by atoms with Gasteiger partial charge in [0.2, 0.25) is 11.8 Å². The van der Waals surface area contributed by atoms with Crippen LogP contribution in [0.5, 0.6) is 11.5 Å². The van der Waals surface area contributed by atoms with Gasteiger partial charge in [-0.25, -0.2) is 9.59 Å². The summed E-state index contributed by atoms with van der Waals surface area (Å²) in [6, 6.07) is 7.92. The number of ether oxygens (including phenoxy) is 2. The van der Waals surface area contributed by atoms with E-state index in [9.17, 15) is 24.3 Å². The summed E-state index contributed by atoms with van der Waals surface area (Å²) in [5.41, 5.74) is 1.14.